The maximum atomic E-state index is 12.0. The Morgan fingerprint density at radius 2 is 1.85 bits per heavy atom. The fourth-order valence-electron chi connectivity index (χ4n) is 1.84. The Morgan fingerprint density at radius 1 is 1.20 bits per heavy atom. The molecule has 1 amide bonds. The van der Waals surface area contributed by atoms with E-state index in [9.17, 15) is 4.79 Å². The number of carbonyl (C=O) groups is 1. The van der Waals surface area contributed by atoms with Gasteiger partial charge in [0.15, 0.2) is 0 Å². The second kappa shape index (κ2) is 10.4. The van der Waals surface area contributed by atoms with E-state index in [0.717, 1.165) is 36.1 Å². The van der Waals surface area contributed by atoms with Gasteiger partial charge in [-0.2, -0.15) is 0 Å². The molecule has 0 radical (unpaired) electrons. The Morgan fingerprint density at radius 3 is 2.30 bits per heavy atom. The summed E-state index contributed by atoms with van der Waals surface area (Å²) in [7, 11) is 0. The van der Waals surface area contributed by atoms with Crippen molar-refractivity contribution in [2.24, 2.45) is 0 Å². The summed E-state index contributed by atoms with van der Waals surface area (Å²) in [6, 6.07) is 0. The monoisotopic (exact) mass is 281 g/mol. The minimum atomic E-state index is -0.0860. The molecule has 0 aliphatic heterocycles. The molecule has 114 valence electrons. The van der Waals surface area contributed by atoms with E-state index in [4.69, 9.17) is 5.26 Å². The van der Waals surface area contributed by atoms with Gasteiger partial charge in [-0.05, 0) is 59.1 Å². The Hall–Kier alpha value is -1.39. The van der Waals surface area contributed by atoms with E-state index in [1.54, 1.807) is 4.90 Å². The number of amides is 1. The molecule has 4 heteroatoms. The van der Waals surface area contributed by atoms with Gasteiger partial charge in [-0.3, -0.25) is 10.1 Å². The fourth-order valence-corrected chi connectivity index (χ4v) is 1.84. The first-order valence-corrected chi connectivity index (χ1v) is 6.96. The molecular formula is C16H27NO3. The van der Waals surface area contributed by atoms with Crippen LogP contribution in [-0.4, -0.2) is 29.2 Å². The molecule has 0 aromatic rings. The van der Waals surface area contributed by atoms with E-state index in [-0.39, 0.29) is 5.91 Å². The van der Waals surface area contributed by atoms with Crippen LogP contribution in [0.15, 0.2) is 35.6 Å². The predicted octanol–water partition coefficient (Wildman–Crippen LogP) is 3.92. The molecule has 0 unspecified atom stereocenters. The quantitative estimate of drug-likeness (QED) is 0.229. The highest BCUT2D eigenvalue weighted by Crippen LogP contribution is 2.16. The molecule has 0 bridgehead atoms. The molecule has 0 spiro atoms. The van der Waals surface area contributed by atoms with Gasteiger partial charge in [0, 0.05) is 12.2 Å². The number of rotatable bonds is 9. The van der Waals surface area contributed by atoms with Crippen molar-refractivity contribution >= 4 is 5.91 Å². The first-order valence-electron chi connectivity index (χ1n) is 6.96. The van der Waals surface area contributed by atoms with Crippen molar-refractivity contribution in [1.29, 1.82) is 0 Å². The topological polar surface area (TPSA) is 49.8 Å². The zero-order valence-electron chi connectivity index (χ0n) is 13.1. The van der Waals surface area contributed by atoms with Gasteiger partial charge in [0.05, 0.1) is 6.61 Å². The summed E-state index contributed by atoms with van der Waals surface area (Å²) in [4.78, 5) is 17.8. The smallest absolute Gasteiger partial charge is 0.250 e. The van der Waals surface area contributed by atoms with Crippen LogP contribution in [0.2, 0.25) is 0 Å². The molecule has 0 saturated carbocycles. The van der Waals surface area contributed by atoms with E-state index in [2.05, 4.69) is 11.5 Å². The molecule has 0 heterocycles. The normalized spacial score (nSPS) is 9.85. The molecule has 0 fully saturated rings. The van der Waals surface area contributed by atoms with Gasteiger partial charge in [-0.25, -0.2) is 4.89 Å². The minimum Gasteiger partial charge on any atom is -0.309 e. The van der Waals surface area contributed by atoms with Gasteiger partial charge in [-0.1, -0.05) is 17.7 Å². The van der Waals surface area contributed by atoms with Gasteiger partial charge in [0.1, 0.15) is 0 Å². The van der Waals surface area contributed by atoms with Crippen molar-refractivity contribution in [3.63, 3.8) is 0 Å². The third-order valence-electron chi connectivity index (χ3n) is 2.79. The van der Waals surface area contributed by atoms with E-state index >= 15 is 0 Å². The van der Waals surface area contributed by atoms with Crippen LogP contribution >= 0.6 is 0 Å². The van der Waals surface area contributed by atoms with Gasteiger partial charge in [0.2, 0.25) is 5.91 Å². The molecular weight excluding hydrogens is 254 g/mol. The van der Waals surface area contributed by atoms with Crippen molar-refractivity contribution in [2.75, 3.05) is 13.2 Å². The first-order chi connectivity index (χ1) is 9.43. The van der Waals surface area contributed by atoms with E-state index < -0.39 is 0 Å². The Bertz CT molecular complexity index is 375. The lowest BCUT2D eigenvalue weighted by atomic mass is 10.1. The highest BCUT2D eigenvalue weighted by Gasteiger charge is 2.14. The van der Waals surface area contributed by atoms with Crippen molar-refractivity contribution < 1.29 is 14.9 Å². The second-order valence-corrected chi connectivity index (χ2v) is 5.19. The molecule has 20 heavy (non-hydrogen) atoms. The molecule has 0 aliphatic carbocycles. The van der Waals surface area contributed by atoms with Crippen molar-refractivity contribution in [1.82, 2.24) is 4.90 Å². The number of hydrogen-bond donors (Lipinski definition) is 1. The van der Waals surface area contributed by atoms with Gasteiger partial charge >= 0.3 is 0 Å². The Kier molecular flexibility index (Phi) is 9.68. The maximum absolute atomic E-state index is 12.0. The molecule has 1 N–H and O–H groups in total. The fraction of sp³-hybridized carbons (Fsp3) is 0.562. The molecule has 0 aromatic carbocycles. The van der Waals surface area contributed by atoms with E-state index in [1.165, 1.54) is 6.08 Å². The lowest BCUT2D eigenvalue weighted by Crippen LogP contribution is -2.30. The van der Waals surface area contributed by atoms with Crippen molar-refractivity contribution in [2.45, 2.75) is 47.0 Å². The van der Waals surface area contributed by atoms with Crippen LogP contribution in [0.4, 0.5) is 0 Å². The summed E-state index contributed by atoms with van der Waals surface area (Å²) >= 11 is 0. The van der Waals surface area contributed by atoms with Crippen LogP contribution in [-0.2, 0) is 9.68 Å². The van der Waals surface area contributed by atoms with Crippen LogP contribution in [0.25, 0.3) is 0 Å². The van der Waals surface area contributed by atoms with Crippen LogP contribution in [0.1, 0.15) is 47.0 Å². The van der Waals surface area contributed by atoms with Crippen molar-refractivity contribution in [3.8, 4) is 0 Å². The average molecular weight is 281 g/mol. The largest absolute Gasteiger partial charge is 0.309 e. The summed E-state index contributed by atoms with van der Waals surface area (Å²) in [5.41, 5.74) is 3.19. The summed E-state index contributed by atoms with van der Waals surface area (Å²) in [6.45, 7) is 12.6. The molecule has 0 atom stereocenters. The summed E-state index contributed by atoms with van der Waals surface area (Å²) in [5.74, 6) is -0.0860. The lowest BCUT2D eigenvalue weighted by molar-refractivity contribution is -0.242. The maximum Gasteiger partial charge on any atom is 0.250 e. The van der Waals surface area contributed by atoms with Gasteiger partial charge in [-0.15, -0.1) is 0 Å². The zero-order chi connectivity index (χ0) is 15.5. The Balaban J connectivity index is 4.87. The van der Waals surface area contributed by atoms with Crippen LogP contribution in [0.5, 0.6) is 0 Å². The van der Waals surface area contributed by atoms with E-state index in [1.807, 2.05) is 33.8 Å². The standard InChI is InChI=1S/C16H27NO3/c1-6-16(18)17(10-8-7-9-11-20-19)15(14(4)5)12-13(2)3/h6,12,19H,1,7-11H2,2-5H3. The van der Waals surface area contributed by atoms with Crippen LogP contribution in [0.3, 0.4) is 0 Å². The summed E-state index contributed by atoms with van der Waals surface area (Å²) in [5, 5.41) is 8.27. The van der Waals surface area contributed by atoms with Crippen LogP contribution in [0, 0.1) is 0 Å². The SMILES string of the molecule is C=CC(=O)N(CCCCCOO)C(C=C(C)C)=C(C)C. The van der Waals surface area contributed by atoms with Gasteiger partial charge < -0.3 is 4.90 Å². The van der Waals surface area contributed by atoms with Crippen LogP contribution < -0.4 is 0 Å². The predicted molar refractivity (Wildman–Crippen MR) is 82.1 cm³/mol. The zero-order valence-corrected chi connectivity index (χ0v) is 13.1. The molecule has 0 aliphatic rings. The second-order valence-electron chi connectivity index (χ2n) is 5.19. The number of hydrogen-bond acceptors (Lipinski definition) is 3. The first kappa shape index (κ1) is 18.6. The highest BCUT2D eigenvalue weighted by atomic mass is 17.1. The molecule has 0 saturated heterocycles. The van der Waals surface area contributed by atoms with Gasteiger partial charge in [0.25, 0.3) is 0 Å². The average Bonchev–Trinajstić information content (AvgIpc) is 2.39. The summed E-state index contributed by atoms with van der Waals surface area (Å²) in [6.07, 6.45) is 5.90. The van der Waals surface area contributed by atoms with Crippen molar-refractivity contribution in [3.05, 3.63) is 35.6 Å². The third-order valence-corrected chi connectivity index (χ3v) is 2.79. The molecule has 0 rings (SSSR count). The number of allylic oxidation sites excluding steroid dienone is 3. The lowest BCUT2D eigenvalue weighted by Gasteiger charge is -2.24. The number of unbranched alkanes of at least 4 members (excludes halogenated alkanes) is 2. The Labute approximate surface area is 122 Å². The summed E-state index contributed by atoms with van der Waals surface area (Å²) < 4.78 is 0. The molecule has 0 aromatic heterocycles. The van der Waals surface area contributed by atoms with E-state index in [0.29, 0.717) is 13.2 Å². The highest BCUT2D eigenvalue weighted by molar-refractivity contribution is 5.88. The number of carbonyl (C=O) groups excluding carboxylic acids is 1. The number of nitrogens with zero attached hydrogens (tertiary/aromatic N) is 1. The minimum absolute atomic E-state index is 0.0860. The third kappa shape index (κ3) is 7.26. The molecule has 4 nitrogen and oxygen atoms in total.